The molecule has 1 aliphatic carbocycles. The van der Waals surface area contributed by atoms with E-state index in [1.54, 1.807) is 0 Å². The fraction of sp³-hybridized carbons (Fsp3) is 0.444. The molecule has 2 N–H and O–H groups in total. The topological polar surface area (TPSA) is 82.8 Å². The van der Waals surface area contributed by atoms with Crippen molar-refractivity contribution in [2.75, 3.05) is 18.0 Å². The Kier molecular flexibility index (Phi) is 3.95. The van der Waals surface area contributed by atoms with Crippen molar-refractivity contribution in [2.45, 2.75) is 37.8 Å². The lowest BCUT2D eigenvalue weighted by molar-refractivity contribution is 0.0694. The van der Waals surface area contributed by atoms with Gasteiger partial charge >= 0.3 is 5.97 Å². The van der Waals surface area contributed by atoms with Crippen LogP contribution in [0.3, 0.4) is 0 Å². The summed E-state index contributed by atoms with van der Waals surface area (Å²) in [6.45, 7) is 0.614. The standard InChI is InChI=1S/C18H18F2N2O4/c19-13-7-11-15(14(20)16(13)21-5-3-10(23)4-6-21)22(9-1-2-9)8-12(17(11)24)18(25)26/h7-10,23H,1-6H2,(H,25,26). The molecule has 2 aromatic rings. The van der Waals surface area contributed by atoms with Gasteiger partial charge in [-0.1, -0.05) is 0 Å². The van der Waals surface area contributed by atoms with Crippen LogP contribution in [0.4, 0.5) is 14.5 Å². The van der Waals surface area contributed by atoms with Gasteiger partial charge in [0, 0.05) is 25.3 Å². The number of anilines is 1. The Hall–Kier alpha value is -2.48. The maximum absolute atomic E-state index is 15.3. The van der Waals surface area contributed by atoms with E-state index in [1.165, 1.54) is 9.47 Å². The summed E-state index contributed by atoms with van der Waals surface area (Å²) in [5.74, 6) is -3.16. The fourth-order valence-corrected chi connectivity index (χ4v) is 3.60. The molecule has 2 heterocycles. The molecule has 26 heavy (non-hydrogen) atoms. The molecular formula is C18H18F2N2O4. The number of pyridine rings is 1. The molecule has 0 radical (unpaired) electrons. The van der Waals surface area contributed by atoms with Crippen molar-refractivity contribution in [3.05, 3.63) is 39.7 Å². The van der Waals surface area contributed by atoms with Crippen LogP contribution in [0.15, 0.2) is 17.1 Å². The van der Waals surface area contributed by atoms with E-state index >= 15 is 4.39 Å². The van der Waals surface area contributed by atoms with Gasteiger partial charge in [0.25, 0.3) is 0 Å². The molecule has 0 spiro atoms. The minimum Gasteiger partial charge on any atom is -0.477 e. The van der Waals surface area contributed by atoms with Crippen LogP contribution in [-0.2, 0) is 0 Å². The van der Waals surface area contributed by atoms with E-state index in [4.69, 9.17) is 0 Å². The van der Waals surface area contributed by atoms with E-state index < -0.39 is 34.7 Å². The zero-order valence-corrected chi connectivity index (χ0v) is 13.9. The van der Waals surface area contributed by atoms with Gasteiger partial charge in [-0.15, -0.1) is 0 Å². The van der Waals surface area contributed by atoms with Gasteiger partial charge in [-0.05, 0) is 31.7 Å². The maximum atomic E-state index is 15.3. The third kappa shape index (κ3) is 2.65. The lowest BCUT2D eigenvalue weighted by atomic mass is 10.0. The number of aliphatic hydroxyl groups excluding tert-OH is 1. The van der Waals surface area contributed by atoms with E-state index in [-0.39, 0.29) is 22.6 Å². The summed E-state index contributed by atoms with van der Waals surface area (Å²) in [5.41, 5.74) is -1.65. The lowest BCUT2D eigenvalue weighted by Gasteiger charge is -2.32. The number of aromatic nitrogens is 1. The van der Waals surface area contributed by atoms with Crippen LogP contribution in [0.25, 0.3) is 10.9 Å². The van der Waals surface area contributed by atoms with E-state index in [0.29, 0.717) is 25.9 Å². The molecular weight excluding hydrogens is 346 g/mol. The minimum atomic E-state index is -1.42. The van der Waals surface area contributed by atoms with Gasteiger partial charge in [-0.3, -0.25) is 4.79 Å². The van der Waals surface area contributed by atoms with Crippen molar-refractivity contribution in [3.8, 4) is 0 Å². The van der Waals surface area contributed by atoms with Gasteiger partial charge in [0.2, 0.25) is 5.43 Å². The number of nitrogens with zero attached hydrogens (tertiary/aromatic N) is 2. The number of carbonyl (C=O) groups is 1. The number of benzene rings is 1. The average molecular weight is 364 g/mol. The van der Waals surface area contributed by atoms with Crippen LogP contribution >= 0.6 is 0 Å². The number of carboxylic acids is 1. The van der Waals surface area contributed by atoms with Gasteiger partial charge in [0.1, 0.15) is 17.1 Å². The van der Waals surface area contributed by atoms with Crippen LogP contribution in [-0.4, -0.2) is 39.9 Å². The van der Waals surface area contributed by atoms with E-state index in [2.05, 4.69) is 0 Å². The van der Waals surface area contributed by atoms with Gasteiger partial charge in [0.05, 0.1) is 17.0 Å². The van der Waals surface area contributed by atoms with Crippen LogP contribution < -0.4 is 10.3 Å². The van der Waals surface area contributed by atoms with Crippen molar-refractivity contribution < 1.29 is 23.8 Å². The zero-order valence-electron chi connectivity index (χ0n) is 13.9. The number of halogens is 2. The highest BCUT2D eigenvalue weighted by atomic mass is 19.1. The number of rotatable bonds is 3. The Morgan fingerprint density at radius 2 is 1.81 bits per heavy atom. The summed E-state index contributed by atoms with van der Waals surface area (Å²) in [4.78, 5) is 25.3. The molecule has 2 aliphatic rings. The minimum absolute atomic E-state index is 0.0509. The first-order valence-electron chi connectivity index (χ1n) is 8.61. The Labute approximate surface area is 147 Å². The Morgan fingerprint density at radius 1 is 1.15 bits per heavy atom. The highest BCUT2D eigenvalue weighted by Crippen LogP contribution is 2.39. The molecule has 0 atom stereocenters. The van der Waals surface area contributed by atoms with Crippen molar-refractivity contribution in [1.29, 1.82) is 0 Å². The van der Waals surface area contributed by atoms with Crippen LogP contribution in [0.2, 0.25) is 0 Å². The second-order valence-corrected chi connectivity index (χ2v) is 6.95. The van der Waals surface area contributed by atoms with Gasteiger partial charge < -0.3 is 19.7 Å². The molecule has 0 unspecified atom stereocenters. The van der Waals surface area contributed by atoms with E-state index in [9.17, 15) is 24.2 Å². The van der Waals surface area contributed by atoms with Crippen LogP contribution in [0.5, 0.6) is 0 Å². The summed E-state index contributed by atoms with van der Waals surface area (Å²) >= 11 is 0. The number of hydrogen-bond acceptors (Lipinski definition) is 4. The molecule has 2 fully saturated rings. The number of aliphatic hydroxyl groups is 1. The second kappa shape index (κ2) is 6.05. The SMILES string of the molecule is O=C(O)c1cn(C2CC2)c2c(F)c(N3CCC(O)CC3)c(F)cc2c1=O. The number of piperidine rings is 1. The summed E-state index contributed by atoms with van der Waals surface area (Å²) < 4.78 is 31.5. The first-order valence-corrected chi connectivity index (χ1v) is 8.61. The first kappa shape index (κ1) is 17.0. The summed E-state index contributed by atoms with van der Waals surface area (Å²) in [6, 6.07) is 0.846. The molecule has 138 valence electrons. The second-order valence-electron chi connectivity index (χ2n) is 6.95. The van der Waals surface area contributed by atoms with Crippen molar-refractivity contribution in [1.82, 2.24) is 4.57 Å². The van der Waals surface area contributed by atoms with E-state index in [1.807, 2.05) is 0 Å². The third-order valence-corrected chi connectivity index (χ3v) is 5.14. The van der Waals surface area contributed by atoms with Crippen LogP contribution in [0.1, 0.15) is 42.1 Å². The van der Waals surface area contributed by atoms with Crippen molar-refractivity contribution in [3.63, 3.8) is 0 Å². The van der Waals surface area contributed by atoms with Crippen molar-refractivity contribution >= 4 is 22.6 Å². The monoisotopic (exact) mass is 364 g/mol. The van der Waals surface area contributed by atoms with Gasteiger partial charge in [0.15, 0.2) is 5.82 Å². The Balaban J connectivity index is 1.97. The number of carboxylic acid groups (broad SMARTS) is 1. The van der Waals surface area contributed by atoms with E-state index in [0.717, 1.165) is 25.1 Å². The first-order chi connectivity index (χ1) is 12.4. The van der Waals surface area contributed by atoms with Gasteiger partial charge in [-0.25, -0.2) is 13.6 Å². The molecule has 0 amide bonds. The highest BCUT2D eigenvalue weighted by molar-refractivity contribution is 5.94. The Morgan fingerprint density at radius 3 is 2.38 bits per heavy atom. The predicted octanol–water partition coefficient (Wildman–Crippen LogP) is 2.27. The summed E-state index contributed by atoms with van der Waals surface area (Å²) in [5, 5.41) is 18.6. The summed E-state index contributed by atoms with van der Waals surface area (Å²) in [6.07, 6.45) is 2.99. The van der Waals surface area contributed by atoms with Crippen LogP contribution in [0, 0.1) is 11.6 Å². The largest absolute Gasteiger partial charge is 0.477 e. The zero-order chi connectivity index (χ0) is 18.6. The number of fused-ring (bicyclic) bond motifs is 1. The molecule has 1 saturated heterocycles. The highest BCUT2D eigenvalue weighted by Gasteiger charge is 2.31. The molecule has 8 heteroatoms. The average Bonchev–Trinajstić information content (AvgIpc) is 3.42. The maximum Gasteiger partial charge on any atom is 0.341 e. The molecule has 1 saturated carbocycles. The fourth-order valence-electron chi connectivity index (χ4n) is 3.60. The quantitative estimate of drug-likeness (QED) is 0.873. The lowest BCUT2D eigenvalue weighted by Crippen LogP contribution is -2.37. The number of aromatic carboxylic acids is 1. The molecule has 1 aliphatic heterocycles. The normalized spacial score (nSPS) is 18.5. The smallest absolute Gasteiger partial charge is 0.341 e. The molecule has 1 aromatic heterocycles. The molecule has 6 nitrogen and oxygen atoms in total. The molecule has 0 bridgehead atoms. The molecule has 1 aromatic carbocycles. The Bertz CT molecular complexity index is 960. The van der Waals surface area contributed by atoms with Gasteiger partial charge in [-0.2, -0.15) is 0 Å². The molecule has 4 rings (SSSR count). The van der Waals surface area contributed by atoms with Crippen molar-refractivity contribution in [2.24, 2.45) is 0 Å². The third-order valence-electron chi connectivity index (χ3n) is 5.14. The predicted molar refractivity (Wildman–Crippen MR) is 90.8 cm³/mol. The number of hydrogen-bond donors (Lipinski definition) is 2. The summed E-state index contributed by atoms with van der Waals surface area (Å²) in [7, 11) is 0.